The lowest BCUT2D eigenvalue weighted by molar-refractivity contribution is 0.0529. The van der Waals surface area contributed by atoms with Crippen LogP contribution in [-0.4, -0.2) is 47.4 Å². The van der Waals surface area contributed by atoms with Gasteiger partial charge in [0.15, 0.2) is 0 Å². The van der Waals surface area contributed by atoms with Crippen LogP contribution in [0, 0.1) is 5.82 Å². The fourth-order valence-electron chi connectivity index (χ4n) is 4.57. The van der Waals surface area contributed by atoms with E-state index in [9.17, 15) is 17.6 Å². The molecule has 238 valence electrons. The average molecular weight is 636 g/mol. The van der Waals surface area contributed by atoms with Gasteiger partial charge in [-0.1, -0.05) is 36.4 Å². The van der Waals surface area contributed by atoms with E-state index in [1.165, 1.54) is 25.3 Å². The van der Waals surface area contributed by atoms with Gasteiger partial charge in [0.1, 0.15) is 27.8 Å². The Balaban J connectivity index is 1.60. The van der Waals surface area contributed by atoms with Crippen molar-refractivity contribution in [3.63, 3.8) is 0 Å². The number of hydrogen-bond acceptors (Lipinski definition) is 7. The van der Waals surface area contributed by atoms with Crippen LogP contribution in [0.5, 0.6) is 11.5 Å². The van der Waals surface area contributed by atoms with Crippen molar-refractivity contribution >= 4 is 27.5 Å². The number of nitrogens with one attached hydrogen (secondary N) is 2. The van der Waals surface area contributed by atoms with Crippen molar-refractivity contribution in [2.24, 2.45) is 0 Å². The van der Waals surface area contributed by atoms with E-state index in [1.54, 1.807) is 70.3 Å². The van der Waals surface area contributed by atoms with Crippen molar-refractivity contribution in [2.75, 3.05) is 36.9 Å². The molecule has 0 heterocycles. The maximum Gasteiger partial charge on any atom is 0.407 e. The molecule has 4 aromatic carbocycles. The number of carbonyl (C=O) groups is 1. The van der Waals surface area contributed by atoms with Gasteiger partial charge in [0, 0.05) is 25.3 Å². The molecule has 9 nitrogen and oxygen atoms in total. The predicted octanol–water partition coefficient (Wildman–Crippen LogP) is 6.84. The standard InChI is InChI=1S/C34H38FN3O6S/c1-34(2,3)44-33(39)36-18-19-38(23-24-12-15-30(42-4)16-13-24)29-11-7-10-28(22-29)37-45(40,41)32-21-26(14-17-31(32)43-5)25-8-6-9-27(35)20-25/h6-17,20-22,37H,18-19,23H2,1-5H3,(H,36,39). The molecule has 0 unspecified atom stereocenters. The van der Waals surface area contributed by atoms with Crippen molar-refractivity contribution in [1.82, 2.24) is 5.32 Å². The molecule has 11 heteroatoms. The van der Waals surface area contributed by atoms with Crippen LogP contribution in [0.25, 0.3) is 11.1 Å². The summed E-state index contributed by atoms with van der Waals surface area (Å²) in [6, 6.07) is 25.2. The van der Waals surface area contributed by atoms with Gasteiger partial charge >= 0.3 is 6.09 Å². The van der Waals surface area contributed by atoms with Crippen molar-refractivity contribution in [2.45, 2.75) is 37.8 Å². The molecule has 45 heavy (non-hydrogen) atoms. The minimum atomic E-state index is -4.13. The number of sulfonamides is 1. The zero-order valence-corrected chi connectivity index (χ0v) is 26.8. The van der Waals surface area contributed by atoms with Crippen molar-refractivity contribution in [1.29, 1.82) is 0 Å². The fraction of sp³-hybridized carbons (Fsp3) is 0.265. The first-order valence-corrected chi connectivity index (χ1v) is 15.8. The Kier molecular flexibility index (Phi) is 10.6. The quantitative estimate of drug-likeness (QED) is 0.176. The van der Waals surface area contributed by atoms with Crippen LogP contribution in [0.4, 0.5) is 20.6 Å². The highest BCUT2D eigenvalue weighted by Gasteiger charge is 2.22. The summed E-state index contributed by atoms with van der Waals surface area (Å²) in [5, 5.41) is 2.78. The second-order valence-electron chi connectivity index (χ2n) is 11.2. The third kappa shape index (κ3) is 9.36. The molecule has 1 amide bonds. The molecule has 0 aliphatic heterocycles. The highest BCUT2D eigenvalue weighted by Crippen LogP contribution is 2.32. The Labute approximate surface area is 264 Å². The van der Waals surface area contributed by atoms with Crippen LogP contribution in [0.1, 0.15) is 26.3 Å². The van der Waals surface area contributed by atoms with Gasteiger partial charge in [-0.3, -0.25) is 4.72 Å². The molecule has 0 aromatic heterocycles. The zero-order chi connectivity index (χ0) is 32.6. The lowest BCUT2D eigenvalue weighted by Crippen LogP contribution is -2.38. The number of alkyl carbamates (subject to hydrolysis) is 1. The number of methoxy groups -OCH3 is 2. The summed E-state index contributed by atoms with van der Waals surface area (Å²) in [6.07, 6.45) is -0.525. The van der Waals surface area contributed by atoms with Gasteiger partial charge in [-0.05, 0) is 92.1 Å². The Morgan fingerprint density at radius 2 is 1.58 bits per heavy atom. The second-order valence-corrected chi connectivity index (χ2v) is 12.9. The lowest BCUT2D eigenvalue weighted by Gasteiger charge is -2.26. The first-order chi connectivity index (χ1) is 21.4. The summed E-state index contributed by atoms with van der Waals surface area (Å²) >= 11 is 0. The molecule has 4 rings (SSSR count). The molecular formula is C34H38FN3O6S. The molecule has 0 aliphatic carbocycles. The van der Waals surface area contributed by atoms with E-state index < -0.39 is 27.5 Å². The molecule has 2 N–H and O–H groups in total. The first kappa shape index (κ1) is 33.1. The van der Waals surface area contributed by atoms with Crippen LogP contribution in [0.2, 0.25) is 0 Å². The van der Waals surface area contributed by atoms with E-state index >= 15 is 0 Å². The summed E-state index contributed by atoms with van der Waals surface area (Å²) in [5.74, 6) is 0.446. The summed E-state index contributed by atoms with van der Waals surface area (Å²) < 4.78 is 59.9. The number of benzene rings is 4. The summed E-state index contributed by atoms with van der Waals surface area (Å²) in [4.78, 5) is 14.2. The normalized spacial score (nSPS) is 11.4. The number of halogens is 1. The molecule has 0 spiro atoms. The van der Waals surface area contributed by atoms with Crippen LogP contribution in [-0.2, 0) is 21.3 Å². The van der Waals surface area contributed by atoms with Gasteiger partial charge in [0.05, 0.1) is 19.9 Å². The lowest BCUT2D eigenvalue weighted by atomic mass is 10.1. The SMILES string of the molecule is COc1ccc(CN(CCNC(=O)OC(C)(C)C)c2cccc(NS(=O)(=O)c3cc(-c4cccc(F)c4)ccc3OC)c2)cc1. The number of ether oxygens (including phenoxy) is 3. The van der Waals surface area contributed by atoms with Crippen molar-refractivity contribution in [3.05, 3.63) is 102 Å². The molecule has 0 atom stereocenters. The Morgan fingerprint density at radius 3 is 2.24 bits per heavy atom. The average Bonchev–Trinajstić information content (AvgIpc) is 2.99. The number of amides is 1. The molecule has 0 saturated carbocycles. The first-order valence-electron chi connectivity index (χ1n) is 14.3. The third-order valence-corrected chi connectivity index (χ3v) is 8.06. The minimum Gasteiger partial charge on any atom is -0.497 e. The van der Waals surface area contributed by atoms with Gasteiger partial charge in [-0.15, -0.1) is 0 Å². The molecule has 0 aliphatic rings. The molecule has 0 radical (unpaired) electrons. The summed E-state index contributed by atoms with van der Waals surface area (Å²) in [5.41, 5.74) is 2.46. The predicted molar refractivity (Wildman–Crippen MR) is 174 cm³/mol. The number of hydrogen-bond donors (Lipinski definition) is 2. The second kappa shape index (κ2) is 14.3. The Bertz CT molecular complexity index is 1720. The third-order valence-electron chi connectivity index (χ3n) is 6.66. The van der Waals surface area contributed by atoms with Crippen LogP contribution < -0.4 is 24.4 Å². The van der Waals surface area contributed by atoms with Crippen molar-refractivity contribution < 1.29 is 31.8 Å². The van der Waals surface area contributed by atoms with Gasteiger partial charge in [0.2, 0.25) is 0 Å². The maximum atomic E-state index is 13.9. The van der Waals surface area contributed by atoms with E-state index in [2.05, 4.69) is 10.0 Å². The molecule has 4 aromatic rings. The summed E-state index contributed by atoms with van der Waals surface area (Å²) in [7, 11) is -1.14. The van der Waals surface area contributed by atoms with Gasteiger partial charge in [-0.2, -0.15) is 0 Å². The zero-order valence-electron chi connectivity index (χ0n) is 26.0. The van der Waals surface area contributed by atoms with E-state index in [1.807, 2.05) is 35.2 Å². The van der Waals surface area contributed by atoms with Gasteiger partial charge in [-0.25, -0.2) is 17.6 Å². The molecule has 0 saturated heterocycles. The van der Waals surface area contributed by atoms with Crippen molar-refractivity contribution in [3.8, 4) is 22.6 Å². The number of anilines is 2. The number of rotatable bonds is 12. The largest absolute Gasteiger partial charge is 0.497 e. The van der Waals surface area contributed by atoms with E-state index in [4.69, 9.17) is 14.2 Å². The van der Waals surface area contributed by atoms with E-state index in [0.29, 0.717) is 29.9 Å². The Hall–Kier alpha value is -4.77. The van der Waals surface area contributed by atoms with Crippen LogP contribution in [0.3, 0.4) is 0 Å². The number of carbonyl (C=O) groups excluding carboxylic acids is 1. The topological polar surface area (TPSA) is 106 Å². The van der Waals surface area contributed by atoms with Gasteiger partial charge in [0.25, 0.3) is 10.0 Å². The monoisotopic (exact) mass is 635 g/mol. The number of nitrogens with zero attached hydrogens (tertiary/aromatic N) is 1. The van der Waals surface area contributed by atoms with Gasteiger partial charge < -0.3 is 24.4 Å². The van der Waals surface area contributed by atoms with E-state index in [0.717, 1.165) is 17.0 Å². The smallest absolute Gasteiger partial charge is 0.407 e. The molecular weight excluding hydrogens is 597 g/mol. The van der Waals surface area contributed by atoms with Crippen LogP contribution >= 0.6 is 0 Å². The minimum absolute atomic E-state index is 0.0891. The molecule has 0 fully saturated rings. The highest BCUT2D eigenvalue weighted by molar-refractivity contribution is 7.92. The Morgan fingerprint density at radius 1 is 0.867 bits per heavy atom. The fourth-order valence-corrected chi connectivity index (χ4v) is 5.81. The maximum absolute atomic E-state index is 13.9. The molecule has 0 bridgehead atoms. The van der Waals surface area contributed by atoms with E-state index in [-0.39, 0.29) is 17.2 Å². The summed E-state index contributed by atoms with van der Waals surface area (Å²) in [6.45, 7) is 6.54. The highest BCUT2D eigenvalue weighted by atomic mass is 32.2. The van der Waals surface area contributed by atoms with Crippen LogP contribution in [0.15, 0.2) is 95.9 Å².